The normalized spacial score (nSPS) is 10.2. The Morgan fingerprint density at radius 2 is 1.61 bits per heavy atom. The molecule has 0 aromatic heterocycles. The molecule has 0 heterocycles. The molecular weight excluding hydrogens is 296 g/mol. The van der Waals surface area contributed by atoms with E-state index in [9.17, 15) is 9.59 Å². The lowest BCUT2D eigenvalue weighted by atomic mass is 10.0. The van der Waals surface area contributed by atoms with Gasteiger partial charge in [-0.2, -0.15) is 0 Å². The number of hydrogen-bond acceptors (Lipinski definition) is 5. The first-order chi connectivity index (χ1) is 11.2. The summed E-state index contributed by atoms with van der Waals surface area (Å²) in [6.45, 7) is 2.48. The molecule has 2 aromatic carbocycles. The average molecular weight is 314 g/mol. The highest BCUT2D eigenvalue weighted by molar-refractivity contribution is 6.11. The van der Waals surface area contributed by atoms with E-state index in [-0.39, 0.29) is 12.6 Å². The van der Waals surface area contributed by atoms with Crippen LogP contribution in [0.25, 0.3) is 0 Å². The third-order valence-corrected chi connectivity index (χ3v) is 3.20. The molecule has 0 N–H and O–H groups in total. The molecule has 0 spiro atoms. The topological polar surface area (TPSA) is 61.8 Å². The molecular formula is C18H18O5. The van der Waals surface area contributed by atoms with Gasteiger partial charge in [-0.1, -0.05) is 24.3 Å². The van der Waals surface area contributed by atoms with Gasteiger partial charge < -0.3 is 14.2 Å². The van der Waals surface area contributed by atoms with Crippen molar-refractivity contribution in [3.8, 4) is 5.75 Å². The van der Waals surface area contributed by atoms with Gasteiger partial charge in [0, 0.05) is 12.2 Å². The number of ketones is 1. The zero-order valence-corrected chi connectivity index (χ0v) is 13.1. The molecule has 0 atom stereocenters. The van der Waals surface area contributed by atoms with Crippen molar-refractivity contribution in [1.82, 2.24) is 0 Å². The molecule has 0 aliphatic rings. The van der Waals surface area contributed by atoms with Crippen molar-refractivity contribution in [2.45, 2.75) is 6.92 Å². The van der Waals surface area contributed by atoms with E-state index < -0.39 is 5.97 Å². The first-order valence-electron chi connectivity index (χ1n) is 7.20. The summed E-state index contributed by atoms with van der Waals surface area (Å²) in [5.41, 5.74) is 1.30. The molecule has 5 heteroatoms. The molecule has 0 saturated carbocycles. The van der Waals surface area contributed by atoms with Crippen molar-refractivity contribution >= 4 is 11.8 Å². The smallest absolute Gasteiger partial charge is 0.337 e. The second-order valence-corrected chi connectivity index (χ2v) is 4.65. The van der Waals surface area contributed by atoms with Gasteiger partial charge >= 0.3 is 5.97 Å². The molecule has 0 aliphatic heterocycles. The second kappa shape index (κ2) is 8.10. The number of benzene rings is 2. The number of rotatable bonds is 7. The van der Waals surface area contributed by atoms with Crippen molar-refractivity contribution in [3.05, 3.63) is 65.2 Å². The van der Waals surface area contributed by atoms with E-state index in [0.717, 1.165) is 0 Å². The van der Waals surface area contributed by atoms with Crippen molar-refractivity contribution in [2.24, 2.45) is 0 Å². The Labute approximate surface area is 134 Å². The van der Waals surface area contributed by atoms with Gasteiger partial charge in [-0.3, -0.25) is 4.79 Å². The fourth-order valence-corrected chi connectivity index (χ4v) is 2.00. The van der Waals surface area contributed by atoms with Gasteiger partial charge in [0.25, 0.3) is 0 Å². The van der Waals surface area contributed by atoms with E-state index in [1.807, 2.05) is 6.92 Å². The van der Waals surface area contributed by atoms with Crippen LogP contribution in [0, 0.1) is 0 Å². The zero-order valence-electron chi connectivity index (χ0n) is 13.1. The summed E-state index contributed by atoms with van der Waals surface area (Å²) in [4.78, 5) is 24.0. The van der Waals surface area contributed by atoms with E-state index in [2.05, 4.69) is 4.74 Å². The minimum absolute atomic E-state index is 0.0854. The number of hydrogen-bond donors (Lipinski definition) is 0. The number of esters is 1. The van der Waals surface area contributed by atoms with Crippen LogP contribution in [-0.2, 0) is 9.47 Å². The van der Waals surface area contributed by atoms with E-state index in [1.165, 1.54) is 7.11 Å². The first kappa shape index (κ1) is 16.7. The van der Waals surface area contributed by atoms with E-state index >= 15 is 0 Å². The maximum absolute atomic E-state index is 12.6. The number of ether oxygens (including phenoxy) is 3. The summed E-state index contributed by atoms with van der Waals surface area (Å²) in [6.07, 6.45) is 0. The van der Waals surface area contributed by atoms with Crippen LogP contribution in [0.1, 0.15) is 33.2 Å². The standard InChI is InChI=1S/C18H18O5/c1-3-22-12-23-16-7-5-4-6-15(16)17(19)13-8-10-14(11-9-13)18(20)21-2/h4-11H,3,12H2,1-2H3. The summed E-state index contributed by atoms with van der Waals surface area (Å²) >= 11 is 0. The van der Waals surface area contributed by atoms with Crippen LogP contribution < -0.4 is 4.74 Å². The van der Waals surface area contributed by atoms with Crippen LogP contribution in [0.4, 0.5) is 0 Å². The summed E-state index contributed by atoms with van der Waals surface area (Å²) in [5.74, 6) is -0.166. The molecule has 2 aromatic rings. The molecule has 0 saturated heterocycles. The number of carbonyl (C=O) groups excluding carboxylic acids is 2. The van der Waals surface area contributed by atoms with Crippen LogP contribution in [0.2, 0.25) is 0 Å². The van der Waals surface area contributed by atoms with Crippen LogP contribution in [-0.4, -0.2) is 32.3 Å². The average Bonchev–Trinajstić information content (AvgIpc) is 2.61. The molecule has 0 bridgehead atoms. The highest BCUT2D eigenvalue weighted by Crippen LogP contribution is 2.22. The SMILES string of the molecule is CCOCOc1ccccc1C(=O)c1ccc(C(=O)OC)cc1. The van der Waals surface area contributed by atoms with E-state index in [0.29, 0.717) is 29.0 Å². The summed E-state index contributed by atoms with van der Waals surface area (Å²) in [7, 11) is 1.31. The minimum Gasteiger partial charge on any atom is -0.467 e. The molecule has 0 unspecified atom stereocenters. The molecule has 0 radical (unpaired) electrons. The van der Waals surface area contributed by atoms with Crippen molar-refractivity contribution in [3.63, 3.8) is 0 Å². The van der Waals surface area contributed by atoms with Gasteiger partial charge in [0.15, 0.2) is 12.6 Å². The van der Waals surface area contributed by atoms with Gasteiger partial charge in [-0.25, -0.2) is 4.79 Å². The molecule has 0 aliphatic carbocycles. The Morgan fingerprint density at radius 3 is 2.26 bits per heavy atom. The van der Waals surface area contributed by atoms with E-state index in [4.69, 9.17) is 9.47 Å². The van der Waals surface area contributed by atoms with Crippen LogP contribution in [0.3, 0.4) is 0 Å². The quantitative estimate of drug-likeness (QED) is 0.340. The fourth-order valence-electron chi connectivity index (χ4n) is 2.00. The van der Waals surface area contributed by atoms with Crippen molar-refractivity contribution < 1.29 is 23.8 Å². The Bertz CT molecular complexity index is 676. The monoisotopic (exact) mass is 314 g/mol. The summed E-state index contributed by atoms with van der Waals surface area (Å²) in [5, 5.41) is 0. The van der Waals surface area contributed by atoms with E-state index in [1.54, 1.807) is 48.5 Å². The lowest BCUT2D eigenvalue weighted by molar-refractivity contribution is 0.0220. The summed E-state index contributed by atoms with van der Waals surface area (Å²) < 4.78 is 15.3. The highest BCUT2D eigenvalue weighted by Gasteiger charge is 2.15. The van der Waals surface area contributed by atoms with Gasteiger partial charge in [-0.05, 0) is 31.2 Å². The Hall–Kier alpha value is -2.66. The largest absolute Gasteiger partial charge is 0.467 e. The molecule has 120 valence electrons. The second-order valence-electron chi connectivity index (χ2n) is 4.65. The maximum atomic E-state index is 12.6. The molecule has 5 nitrogen and oxygen atoms in total. The van der Waals surface area contributed by atoms with Gasteiger partial charge in [0.05, 0.1) is 18.2 Å². The number of carbonyl (C=O) groups is 2. The van der Waals surface area contributed by atoms with Crippen molar-refractivity contribution in [2.75, 3.05) is 20.5 Å². The molecule has 0 amide bonds. The third-order valence-electron chi connectivity index (χ3n) is 3.20. The van der Waals surface area contributed by atoms with Crippen LogP contribution in [0.5, 0.6) is 5.75 Å². The molecule has 0 fully saturated rings. The Balaban J connectivity index is 2.21. The third kappa shape index (κ3) is 4.17. The van der Waals surface area contributed by atoms with Gasteiger partial charge in [0.1, 0.15) is 5.75 Å². The molecule has 2 rings (SSSR count). The zero-order chi connectivity index (χ0) is 16.7. The fraction of sp³-hybridized carbons (Fsp3) is 0.222. The maximum Gasteiger partial charge on any atom is 0.337 e. The van der Waals surface area contributed by atoms with Crippen molar-refractivity contribution in [1.29, 1.82) is 0 Å². The molecule has 23 heavy (non-hydrogen) atoms. The van der Waals surface area contributed by atoms with Gasteiger partial charge in [0.2, 0.25) is 0 Å². The predicted octanol–water partition coefficient (Wildman–Crippen LogP) is 3.08. The number of methoxy groups -OCH3 is 1. The summed E-state index contributed by atoms with van der Waals surface area (Å²) in [6, 6.07) is 13.3. The van der Waals surface area contributed by atoms with Gasteiger partial charge in [-0.15, -0.1) is 0 Å². The Morgan fingerprint density at radius 1 is 0.957 bits per heavy atom. The first-order valence-corrected chi connectivity index (χ1v) is 7.20. The lowest BCUT2D eigenvalue weighted by Gasteiger charge is -2.10. The minimum atomic E-state index is -0.440. The van der Waals surface area contributed by atoms with Crippen LogP contribution >= 0.6 is 0 Å². The van der Waals surface area contributed by atoms with Crippen LogP contribution in [0.15, 0.2) is 48.5 Å². The lowest BCUT2D eigenvalue weighted by Crippen LogP contribution is -2.08. The highest BCUT2D eigenvalue weighted by atomic mass is 16.7. The number of para-hydroxylation sites is 1. The Kier molecular flexibility index (Phi) is 5.88. The predicted molar refractivity (Wildman–Crippen MR) is 84.8 cm³/mol.